The van der Waals surface area contributed by atoms with Crippen LogP contribution >= 0.6 is 0 Å². The highest BCUT2D eigenvalue weighted by molar-refractivity contribution is 5.56. The molecule has 21 heavy (non-hydrogen) atoms. The van der Waals surface area contributed by atoms with Crippen LogP contribution < -0.4 is 10.2 Å². The van der Waals surface area contributed by atoms with E-state index in [-0.39, 0.29) is 10.6 Å². The highest BCUT2D eigenvalue weighted by Gasteiger charge is 2.31. The second kappa shape index (κ2) is 6.74. The second-order valence-electron chi connectivity index (χ2n) is 6.03. The topological polar surface area (TPSA) is 71.3 Å². The van der Waals surface area contributed by atoms with Gasteiger partial charge in [0.15, 0.2) is 0 Å². The van der Waals surface area contributed by atoms with Crippen molar-refractivity contribution in [3.05, 3.63) is 22.2 Å². The van der Waals surface area contributed by atoms with E-state index in [2.05, 4.69) is 36.0 Å². The van der Waals surface area contributed by atoms with Crippen LogP contribution in [0.4, 0.5) is 17.3 Å². The van der Waals surface area contributed by atoms with E-state index in [0.29, 0.717) is 17.8 Å². The predicted octanol–water partition coefficient (Wildman–Crippen LogP) is 3.44. The Morgan fingerprint density at radius 2 is 2.19 bits per heavy atom. The first-order valence-electron chi connectivity index (χ1n) is 7.68. The molecule has 0 radical (unpaired) electrons. The molecule has 0 saturated heterocycles. The van der Waals surface area contributed by atoms with E-state index in [1.165, 1.54) is 6.07 Å². The number of pyridine rings is 1. The summed E-state index contributed by atoms with van der Waals surface area (Å²) in [5.74, 6) is 1.81. The van der Waals surface area contributed by atoms with E-state index in [1.54, 1.807) is 6.07 Å². The summed E-state index contributed by atoms with van der Waals surface area (Å²) in [4.78, 5) is 17.6. The fourth-order valence-electron chi connectivity index (χ4n) is 2.31. The van der Waals surface area contributed by atoms with Crippen LogP contribution in [-0.4, -0.2) is 29.0 Å². The molecule has 1 aliphatic rings. The van der Waals surface area contributed by atoms with E-state index < -0.39 is 0 Å². The van der Waals surface area contributed by atoms with Gasteiger partial charge in [0.25, 0.3) is 5.69 Å². The summed E-state index contributed by atoms with van der Waals surface area (Å²) >= 11 is 0. The third kappa shape index (κ3) is 4.31. The molecule has 1 N–H and O–H groups in total. The fraction of sp³-hybridized carbons (Fsp3) is 0.667. The minimum absolute atomic E-state index is 0.105. The Morgan fingerprint density at radius 3 is 2.71 bits per heavy atom. The van der Waals surface area contributed by atoms with E-state index in [0.717, 1.165) is 38.2 Å². The third-order valence-electron chi connectivity index (χ3n) is 3.41. The summed E-state index contributed by atoms with van der Waals surface area (Å²) in [6, 6.07) is 3.60. The van der Waals surface area contributed by atoms with Crippen LogP contribution in [0.5, 0.6) is 0 Å². The molecule has 116 valence electrons. The minimum Gasteiger partial charge on any atom is -0.370 e. The highest BCUT2D eigenvalue weighted by Crippen LogP contribution is 2.33. The van der Waals surface area contributed by atoms with Crippen LogP contribution in [0.2, 0.25) is 0 Å². The van der Waals surface area contributed by atoms with Gasteiger partial charge in [0.2, 0.25) is 0 Å². The number of nitrogens with zero attached hydrogens (tertiary/aromatic N) is 3. The highest BCUT2D eigenvalue weighted by atomic mass is 16.6. The molecule has 0 atom stereocenters. The second-order valence-corrected chi connectivity index (χ2v) is 6.03. The van der Waals surface area contributed by atoms with Crippen molar-refractivity contribution < 1.29 is 4.92 Å². The molecule has 0 unspecified atom stereocenters. The molecular formula is C15H24N4O2. The number of hydrogen-bond acceptors (Lipinski definition) is 5. The lowest BCUT2D eigenvalue weighted by atomic mass is 10.2. The monoisotopic (exact) mass is 292 g/mol. The van der Waals surface area contributed by atoms with Gasteiger partial charge in [-0.15, -0.1) is 0 Å². The Bertz CT molecular complexity index is 500. The average Bonchev–Trinajstić information content (AvgIpc) is 3.26. The normalized spacial score (nSPS) is 14.3. The van der Waals surface area contributed by atoms with E-state index in [4.69, 9.17) is 0 Å². The van der Waals surface area contributed by atoms with Crippen molar-refractivity contribution in [2.75, 3.05) is 23.3 Å². The molecule has 1 saturated carbocycles. The standard InChI is InChI=1S/C15H24N4O2/c1-4-7-16-14-8-13(19(20)21)9-15(17-14)18(10-11(2)3)12-5-6-12/h8-9,11-12H,4-7,10H2,1-3H3,(H,16,17). The Morgan fingerprint density at radius 1 is 1.48 bits per heavy atom. The first kappa shape index (κ1) is 15.5. The Kier molecular flexibility index (Phi) is 4.98. The first-order chi connectivity index (χ1) is 10.0. The van der Waals surface area contributed by atoms with Crippen molar-refractivity contribution in [1.29, 1.82) is 0 Å². The zero-order valence-electron chi connectivity index (χ0n) is 13.0. The number of rotatable bonds is 8. The zero-order valence-corrected chi connectivity index (χ0v) is 13.0. The van der Waals surface area contributed by atoms with Gasteiger partial charge >= 0.3 is 0 Å². The summed E-state index contributed by atoms with van der Waals surface area (Å²) in [6.45, 7) is 8.01. The minimum atomic E-state index is -0.344. The van der Waals surface area contributed by atoms with Crippen LogP contribution in [0.1, 0.15) is 40.0 Å². The first-order valence-corrected chi connectivity index (χ1v) is 7.68. The van der Waals surface area contributed by atoms with Gasteiger partial charge in [-0.2, -0.15) is 0 Å². The average molecular weight is 292 g/mol. The van der Waals surface area contributed by atoms with Gasteiger partial charge in [-0.05, 0) is 25.2 Å². The van der Waals surface area contributed by atoms with Crippen LogP contribution in [0, 0.1) is 16.0 Å². The van der Waals surface area contributed by atoms with Gasteiger partial charge in [-0.1, -0.05) is 20.8 Å². The predicted molar refractivity (Wildman–Crippen MR) is 84.9 cm³/mol. The van der Waals surface area contributed by atoms with E-state index in [1.807, 2.05) is 0 Å². The maximum Gasteiger partial charge on any atom is 0.276 e. The van der Waals surface area contributed by atoms with Crippen molar-refractivity contribution in [3.8, 4) is 0 Å². The molecule has 1 heterocycles. The Balaban J connectivity index is 2.30. The summed E-state index contributed by atoms with van der Waals surface area (Å²) in [5.41, 5.74) is 0.105. The van der Waals surface area contributed by atoms with Gasteiger partial charge in [-0.25, -0.2) is 4.98 Å². The zero-order chi connectivity index (χ0) is 15.4. The summed E-state index contributed by atoms with van der Waals surface area (Å²) in [7, 11) is 0. The SMILES string of the molecule is CCCNc1cc([N+](=O)[O-])cc(N(CC(C)C)C2CC2)n1. The summed E-state index contributed by atoms with van der Waals surface area (Å²) < 4.78 is 0. The summed E-state index contributed by atoms with van der Waals surface area (Å²) in [6.07, 6.45) is 3.25. The third-order valence-corrected chi connectivity index (χ3v) is 3.41. The molecule has 1 fully saturated rings. The fourth-order valence-corrected chi connectivity index (χ4v) is 2.31. The van der Waals surface area contributed by atoms with E-state index >= 15 is 0 Å². The van der Waals surface area contributed by atoms with Crippen molar-refractivity contribution >= 4 is 17.3 Å². The molecule has 6 heteroatoms. The van der Waals surface area contributed by atoms with Crippen molar-refractivity contribution in [2.45, 2.75) is 46.1 Å². The number of hydrogen-bond donors (Lipinski definition) is 1. The molecule has 0 bridgehead atoms. The molecule has 2 rings (SSSR count). The lowest BCUT2D eigenvalue weighted by Crippen LogP contribution is -2.30. The van der Waals surface area contributed by atoms with Gasteiger partial charge in [0, 0.05) is 19.1 Å². The van der Waals surface area contributed by atoms with Crippen LogP contribution in [0.3, 0.4) is 0 Å². The van der Waals surface area contributed by atoms with Crippen LogP contribution in [-0.2, 0) is 0 Å². The van der Waals surface area contributed by atoms with Gasteiger partial charge < -0.3 is 10.2 Å². The summed E-state index contributed by atoms with van der Waals surface area (Å²) in [5, 5.41) is 14.3. The van der Waals surface area contributed by atoms with Gasteiger partial charge in [-0.3, -0.25) is 10.1 Å². The number of aromatic nitrogens is 1. The molecule has 1 aliphatic carbocycles. The number of nitrogens with one attached hydrogen (secondary N) is 1. The molecule has 1 aromatic rings. The van der Waals surface area contributed by atoms with E-state index in [9.17, 15) is 10.1 Å². The maximum atomic E-state index is 11.1. The molecule has 6 nitrogen and oxygen atoms in total. The lowest BCUT2D eigenvalue weighted by molar-refractivity contribution is -0.384. The largest absolute Gasteiger partial charge is 0.370 e. The molecule has 0 aromatic carbocycles. The lowest BCUT2D eigenvalue weighted by Gasteiger charge is -2.25. The molecule has 1 aromatic heterocycles. The molecular weight excluding hydrogens is 268 g/mol. The maximum absolute atomic E-state index is 11.1. The molecule has 0 spiro atoms. The van der Waals surface area contributed by atoms with Crippen molar-refractivity contribution in [1.82, 2.24) is 4.98 Å². The number of anilines is 2. The molecule has 0 amide bonds. The quantitative estimate of drug-likeness (QED) is 0.587. The van der Waals surface area contributed by atoms with Gasteiger partial charge in [0.1, 0.15) is 11.6 Å². The number of nitro groups is 1. The Labute approximate surface area is 125 Å². The molecule has 0 aliphatic heterocycles. The van der Waals surface area contributed by atoms with Crippen molar-refractivity contribution in [3.63, 3.8) is 0 Å². The van der Waals surface area contributed by atoms with Gasteiger partial charge in [0.05, 0.1) is 17.1 Å². The smallest absolute Gasteiger partial charge is 0.276 e. The van der Waals surface area contributed by atoms with Crippen LogP contribution in [0.15, 0.2) is 12.1 Å². The van der Waals surface area contributed by atoms with Crippen LogP contribution in [0.25, 0.3) is 0 Å². The Hall–Kier alpha value is -1.85. The van der Waals surface area contributed by atoms with Crippen molar-refractivity contribution in [2.24, 2.45) is 5.92 Å².